The van der Waals surface area contributed by atoms with Gasteiger partial charge in [0.25, 0.3) is 0 Å². The van der Waals surface area contributed by atoms with Gasteiger partial charge < -0.3 is 15.2 Å². The van der Waals surface area contributed by atoms with E-state index in [2.05, 4.69) is 5.32 Å². The third-order valence-electron chi connectivity index (χ3n) is 5.08. The maximum Gasteiger partial charge on any atom is 0.341 e. The molecule has 1 aliphatic carbocycles. The average Bonchev–Trinajstić information content (AvgIpc) is 3.12. The first-order valence-corrected chi connectivity index (χ1v) is 10.4. The molecule has 0 radical (unpaired) electrons. The minimum absolute atomic E-state index is 0.161. The van der Waals surface area contributed by atoms with Crippen LogP contribution in [0.25, 0.3) is 11.1 Å². The van der Waals surface area contributed by atoms with Crippen molar-refractivity contribution in [2.45, 2.75) is 32.6 Å². The first kappa shape index (κ1) is 21.0. The molecule has 1 aliphatic rings. The second kappa shape index (κ2) is 9.17. The van der Waals surface area contributed by atoms with Crippen molar-refractivity contribution in [1.82, 2.24) is 0 Å². The van der Waals surface area contributed by atoms with Gasteiger partial charge in [0, 0.05) is 10.9 Å². The molecule has 1 fully saturated rings. The third kappa shape index (κ3) is 4.64. The molecule has 8 heteroatoms. The van der Waals surface area contributed by atoms with E-state index >= 15 is 0 Å². The molecule has 2 N–H and O–H groups in total. The SMILES string of the molecule is CCOC(=O)c1c(-c2ccc(F)cc2)csc1NC(=O)[C@H]1CCCC[C@@H]1C(=O)O. The lowest BCUT2D eigenvalue weighted by Crippen LogP contribution is -2.36. The second-order valence-corrected chi connectivity index (χ2v) is 7.79. The fourth-order valence-electron chi connectivity index (χ4n) is 3.64. The maximum atomic E-state index is 13.3. The molecule has 3 rings (SSSR count). The topological polar surface area (TPSA) is 92.7 Å². The van der Waals surface area contributed by atoms with Crippen LogP contribution in [0.3, 0.4) is 0 Å². The Labute approximate surface area is 171 Å². The van der Waals surface area contributed by atoms with Crippen LogP contribution in [-0.2, 0) is 14.3 Å². The molecule has 1 saturated carbocycles. The Hall–Kier alpha value is -2.74. The van der Waals surface area contributed by atoms with E-state index in [1.54, 1.807) is 24.4 Å². The summed E-state index contributed by atoms with van der Waals surface area (Å²) in [7, 11) is 0. The quantitative estimate of drug-likeness (QED) is 0.670. The Morgan fingerprint density at radius 1 is 1.17 bits per heavy atom. The molecule has 0 spiro atoms. The Morgan fingerprint density at radius 3 is 2.45 bits per heavy atom. The van der Waals surface area contributed by atoms with Crippen LogP contribution < -0.4 is 5.32 Å². The zero-order chi connectivity index (χ0) is 21.0. The number of esters is 1. The number of carbonyl (C=O) groups is 3. The van der Waals surface area contributed by atoms with E-state index in [1.807, 2.05) is 0 Å². The van der Waals surface area contributed by atoms with E-state index in [0.717, 1.165) is 24.2 Å². The Kier molecular flexibility index (Phi) is 6.64. The van der Waals surface area contributed by atoms with Gasteiger partial charge in [-0.1, -0.05) is 25.0 Å². The molecule has 2 atom stereocenters. The molecular formula is C21H22FNO5S. The first-order chi connectivity index (χ1) is 13.9. The van der Waals surface area contributed by atoms with E-state index in [0.29, 0.717) is 29.0 Å². The fraction of sp³-hybridized carbons (Fsp3) is 0.381. The van der Waals surface area contributed by atoms with Crippen molar-refractivity contribution in [3.8, 4) is 11.1 Å². The van der Waals surface area contributed by atoms with Gasteiger partial charge in [-0.3, -0.25) is 9.59 Å². The summed E-state index contributed by atoms with van der Waals surface area (Å²) in [6.45, 7) is 1.84. The standard InChI is InChI=1S/C21H22FNO5S/c1-2-28-21(27)17-16(12-7-9-13(22)10-8-12)11-29-19(17)23-18(24)14-5-3-4-6-15(14)20(25)26/h7-11,14-15H,2-6H2,1H3,(H,23,24)(H,25,26)/t14-,15-/m0/s1. The molecule has 6 nitrogen and oxygen atoms in total. The number of amides is 1. The van der Waals surface area contributed by atoms with Crippen LogP contribution in [0.4, 0.5) is 9.39 Å². The first-order valence-electron chi connectivity index (χ1n) is 9.50. The zero-order valence-electron chi connectivity index (χ0n) is 15.9. The van der Waals surface area contributed by atoms with Crippen LogP contribution >= 0.6 is 11.3 Å². The highest BCUT2D eigenvalue weighted by Crippen LogP contribution is 2.38. The molecule has 2 aromatic rings. The number of carbonyl (C=O) groups excluding carboxylic acids is 2. The number of anilines is 1. The summed E-state index contributed by atoms with van der Waals surface area (Å²) in [6, 6.07) is 5.68. The number of nitrogens with one attached hydrogen (secondary N) is 1. The van der Waals surface area contributed by atoms with Crippen molar-refractivity contribution in [3.63, 3.8) is 0 Å². The molecule has 1 amide bonds. The smallest absolute Gasteiger partial charge is 0.341 e. The van der Waals surface area contributed by atoms with Crippen LogP contribution in [0, 0.1) is 17.7 Å². The fourth-order valence-corrected chi connectivity index (χ4v) is 4.60. The van der Waals surface area contributed by atoms with E-state index < -0.39 is 35.5 Å². The molecule has 0 bridgehead atoms. The monoisotopic (exact) mass is 419 g/mol. The number of carboxylic acid groups (broad SMARTS) is 1. The molecular weight excluding hydrogens is 397 g/mol. The number of aliphatic carboxylic acids is 1. The number of hydrogen-bond acceptors (Lipinski definition) is 5. The zero-order valence-corrected chi connectivity index (χ0v) is 16.8. The van der Waals surface area contributed by atoms with Gasteiger partial charge in [-0.15, -0.1) is 11.3 Å². The van der Waals surface area contributed by atoms with Gasteiger partial charge in [0.2, 0.25) is 5.91 Å². The lowest BCUT2D eigenvalue weighted by Gasteiger charge is -2.27. The number of ether oxygens (including phenoxy) is 1. The van der Waals surface area contributed by atoms with Crippen molar-refractivity contribution in [2.24, 2.45) is 11.8 Å². The Morgan fingerprint density at radius 2 is 1.83 bits per heavy atom. The normalized spacial score (nSPS) is 18.8. The van der Waals surface area contributed by atoms with E-state index in [-0.39, 0.29) is 12.2 Å². The minimum atomic E-state index is -0.978. The van der Waals surface area contributed by atoms with Gasteiger partial charge in [0.1, 0.15) is 16.4 Å². The van der Waals surface area contributed by atoms with Crippen LogP contribution in [-0.4, -0.2) is 29.6 Å². The number of halogens is 1. The predicted molar refractivity (Wildman–Crippen MR) is 107 cm³/mol. The summed E-state index contributed by atoms with van der Waals surface area (Å²) < 4.78 is 18.4. The van der Waals surface area contributed by atoms with E-state index in [4.69, 9.17) is 4.74 Å². The van der Waals surface area contributed by atoms with Crippen LogP contribution in [0.15, 0.2) is 29.6 Å². The van der Waals surface area contributed by atoms with Gasteiger partial charge >= 0.3 is 11.9 Å². The van der Waals surface area contributed by atoms with Crippen molar-refractivity contribution in [3.05, 3.63) is 41.0 Å². The Bertz CT molecular complexity index is 908. The molecule has 0 aliphatic heterocycles. The highest BCUT2D eigenvalue weighted by Gasteiger charge is 2.36. The molecule has 1 aromatic carbocycles. The summed E-state index contributed by atoms with van der Waals surface area (Å²) in [4.78, 5) is 36.9. The van der Waals surface area contributed by atoms with E-state index in [1.165, 1.54) is 12.1 Å². The summed E-state index contributed by atoms with van der Waals surface area (Å²) in [5, 5.41) is 14.2. The number of rotatable bonds is 6. The molecule has 0 unspecified atom stereocenters. The summed E-state index contributed by atoms with van der Waals surface area (Å²) in [6.07, 6.45) is 2.53. The summed E-state index contributed by atoms with van der Waals surface area (Å²) >= 11 is 1.16. The van der Waals surface area contributed by atoms with Gasteiger partial charge in [-0.05, 0) is 37.5 Å². The van der Waals surface area contributed by atoms with Crippen molar-refractivity contribution in [1.29, 1.82) is 0 Å². The average molecular weight is 419 g/mol. The van der Waals surface area contributed by atoms with Gasteiger partial charge in [0.15, 0.2) is 0 Å². The molecule has 154 valence electrons. The summed E-state index contributed by atoms with van der Waals surface area (Å²) in [5.74, 6) is -3.75. The second-order valence-electron chi connectivity index (χ2n) is 6.91. The lowest BCUT2D eigenvalue weighted by atomic mass is 9.79. The van der Waals surface area contributed by atoms with Crippen molar-refractivity contribution < 1.29 is 28.6 Å². The van der Waals surface area contributed by atoms with E-state index in [9.17, 15) is 23.9 Å². The molecule has 29 heavy (non-hydrogen) atoms. The van der Waals surface area contributed by atoms with Gasteiger partial charge in [0.05, 0.1) is 18.4 Å². The number of thiophene rings is 1. The third-order valence-corrected chi connectivity index (χ3v) is 5.98. The highest BCUT2D eigenvalue weighted by atomic mass is 32.1. The minimum Gasteiger partial charge on any atom is -0.481 e. The largest absolute Gasteiger partial charge is 0.481 e. The highest BCUT2D eigenvalue weighted by molar-refractivity contribution is 7.15. The van der Waals surface area contributed by atoms with Crippen LogP contribution in [0.1, 0.15) is 43.0 Å². The summed E-state index contributed by atoms with van der Waals surface area (Å²) in [5.41, 5.74) is 1.34. The maximum absolute atomic E-state index is 13.3. The Balaban J connectivity index is 1.92. The van der Waals surface area contributed by atoms with Crippen LogP contribution in [0.5, 0.6) is 0 Å². The van der Waals surface area contributed by atoms with Gasteiger partial charge in [-0.2, -0.15) is 0 Å². The molecule has 1 aromatic heterocycles. The van der Waals surface area contributed by atoms with Crippen molar-refractivity contribution >= 4 is 34.2 Å². The number of carboxylic acids is 1. The molecule has 0 saturated heterocycles. The number of hydrogen-bond donors (Lipinski definition) is 2. The molecule has 1 heterocycles. The van der Waals surface area contributed by atoms with Crippen LogP contribution in [0.2, 0.25) is 0 Å². The van der Waals surface area contributed by atoms with Gasteiger partial charge in [-0.25, -0.2) is 9.18 Å². The predicted octanol–water partition coefficient (Wildman–Crippen LogP) is 4.56. The van der Waals surface area contributed by atoms with Crippen molar-refractivity contribution in [2.75, 3.05) is 11.9 Å². The number of benzene rings is 1. The lowest BCUT2D eigenvalue weighted by molar-refractivity contribution is -0.147.